The lowest BCUT2D eigenvalue weighted by Crippen LogP contribution is -2.38. The van der Waals surface area contributed by atoms with Gasteiger partial charge in [0.2, 0.25) is 0 Å². The molecule has 7 heteroatoms. The lowest BCUT2D eigenvalue weighted by atomic mass is 9.98. The zero-order valence-electron chi connectivity index (χ0n) is 14.0. The molecule has 3 aromatic rings. The van der Waals surface area contributed by atoms with Crippen LogP contribution in [0.25, 0.3) is 5.82 Å². The minimum absolute atomic E-state index is 0.341. The molecule has 1 atom stereocenters. The second-order valence-electron chi connectivity index (χ2n) is 5.96. The third-order valence-corrected chi connectivity index (χ3v) is 4.28. The number of nitrogens with one attached hydrogen (secondary N) is 1. The summed E-state index contributed by atoms with van der Waals surface area (Å²) < 4.78 is 7.09. The van der Waals surface area contributed by atoms with Crippen LogP contribution in [0.2, 0.25) is 0 Å². The van der Waals surface area contributed by atoms with E-state index in [2.05, 4.69) is 15.3 Å². The van der Waals surface area contributed by atoms with Gasteiger partial charge in [-0.25, -0.2) is 14.8 Å². The molecule has 0 aliphatic carbocycles. The molecule has 130 valence electrons. The van der Waals surface area contributed by atoms with Gasteiger partial charge in [-0.05, 0) is 30.7 Å². The number of ether oxygens (including phenoxy) is 1. The van der Waals surface area contributed by atoms with E-state index in [1.54, 1.807) is 47.4 Å². The molecule has 26 heavy (non-hydrogen) atoms. The molecule has 1 N–H and O–H groups in total. The molecule has 0 saturated heterocycles. The van der Waals surface area contributed by atoms with E-state index >= 15 is 0 Å². The van der Waals surface area contributed by atoms with E-state index in [0.717, 1.165) is 11.4 Å². The normalized spacial score (nSPS) is 15.9. The summed E-state index contributed by atoms with van der Waals surface area (Å²) in [6.45, 7) is 1.85. The summed E-state index contributed by atoms with van der Waals surface area (Å²) in [7, 11) is 0. The summed E-state index contributed by atoms with van der Waals surface area (Å²) >= 11 is 0. The number of aromatic nitrogens is 3. The highest BCUT2D eigenvalue weighted by Crippen LogP contribution is 2.23. The molecule has 0 bridgehead atoms. The van der Waals surface area contributed by atoms with Crippen molar-refractivity contribution in [3.05, 3.63) is 71.9 Å². The van der Waals surface area contributed by atoms with Crippen LogP contribution in [0.15, 0.2) is 55.0 Å². The predicted octanol–water partition coefficient (Wildman–Crippen LogP) is 2.30. The van der Waals surface area contributed by atoms with Crippen molar-refractivity contribution in [3.8, 4) is 5.82 Å². The van der Waals surface area contributed by atoms with Crippen LogP contribution in [0.5, 0.6) is 0 Å². The van der Waals surface area contributed by atoms with E-state index in [9.17, 15) is 9.59 Å². The summed E-state index contributed by atoms with van der Waals surface area (Å²) in [5.41, 5.74) is 1.84. The van der Waals surface area contributed by atoms with E-state index in [-0.39, 0.29) is 5.91 Å². The molecular weight excluding hydrogens is 332 g/mol. The van der Waals surface area contributed by atoms with E-state index in [4.69, 9.17) is 4.74 Å². The van der Waals surface area contributed by atoms with Gasteiger partial charge in [-0.3, -0.25) is 9.36 Å². The first kappa shape index (κ1) is 16.0. The number of hydrogen-bond acceptors (Lipinski definition) is 5. The van der Waals surface area contributed by atoms with E-state index in [1.807, 2.05) is 19.1 Å². The van der Waals surface area contributed by atoms with E-state index in [1.165, 1.54) is 0 Å². The number of cyclic esters (lactones) is 1. The van der Waals surface area contributed by atoms with Crippen molar-refractivity contribution in [2.75, 3.05) is 5.32 Å². The zero-order chi connectivity index (χ0) is 18.1. The Bertz CT molecular complexity index is 996. The fourth-order valence-electron chi connectivity index (χ4n) is 2.98. The number of aryl methyl sites for hydroxylation is 1. The fourth-order valence-corrected chi connectivity index (χ4v) is 2.98. The number of benzene rings is 1. The molecule has 0 fully saturated rings. The Labute approximate surface area is 149 Å². The highest BCUT2D eigenvalue weighted by molar-refractivity contribution is 6.00. The predicted molar refractivity (Wildman–Crippen MR) is 94.1 cm³/mol. The molecule has 1 amide bonds. The lowest BCUT2D eigenvalue weighted by Gasteiger charge is -2.24. The number of carbonyl (C=O) groups excluding carboxylic acids is 2. The Morgan fingerprint density at radius 3 is 2.85 bits per heavy atom. The van der Waals surface area contributed by atoms with Crippen molar-refractivity contribution in [3.63, 3.8) is 0 Å². The SMILES string of the molecule is Cc1nccn1-c1ncccc1NC(=O)[C@H]1Cc2ccccc2C(=O)O1. The summed E-state index contributed by atoms with van der Waals surface area (Å²) in [4.78, 5) is 33.3. The van der Waals surface area contributed by atoms with Gasteiger partial charge >= 0.3 is 5.97 Å². The first-order valence-electron chi connectivity index (χ1n) is 8.18. The molecule has 2 aromatic heterocycles. The van der Waals surface area contributed by atoms with Crippen LogP contribution in [0.4, 0.5) is 5.69 Å². The molecule has 1 aromatic carbocycles. The second kappa shape index (κ2) is 6.44. The van der Waals surface area contributed by atoms with E-state index in [0.29, 0.717) is 23.5 Å². The van der Waals surface area contributed by atoms with Crippen molar-refractivity contribution in [2.45, 2.75) is 19.4 Å². The molecule has 3 heterocycles. The minimum Gasteiger partial charge on any atom is -0.448 e. The molecule has 0 unspecified atom stereocenters. The van der Waals surface area contributed by atoms with Gasteiger partial charge in [0.1, 0.15) is 5.82 Å². The van der Waals surface area contributed by atoms with Crippen LogP contribution in [-0.4, -0.2) is 32.5 Å². The van der Waals surface area contributed by atoms with Crippen LogP contribution in [0.1, 0.15) is 21.7 Å². The van der Waals surface area contributed by atoms with E-state index < -0.39 is 12.1 Å². The molecule has 1 aliphatic rings. The van der Waals surface area contributed by atoms with Crippen molar-refractivity contribution in [1.82, 2.24) is 14.5 Å². The number of hydrogen-bond donors (Lipinski definition) is 1. The summed E-state index contributed by atoms with van der Waals surface area (Å²) in [5.74, 6) is 0.430. The van der Waals surface area contributed by atoms with Gasteiger partial charge in [0.25, 0.3) is 5.91 Å². The smallest absolute Gasteiger partial charge is 0.339 e. The van der Waals surface area contributed by atoms with Crippen LogP contribution in [0, 0.1) is 6.92 Å². The Hall–Kier alpha value is -3.48. The molecule has 0 radical (unpaired) electrons. The third kappa shape index (κ3) is 2.83. The van der Waals surface area contributed by atoms with Gasteiger partial charge < -0.3 is 10.1 Å². The maximum absolute atomic E-state index is 12.7. The quantitative estimate of drug-likeness (QED) is 0.734. The maximum atomic E-state index is 12.7. The van der Waals surface area contributed by atoms with Crippen LogP contribution in [0.3, 0.4) is 0 Å². The van der Waals surface area contributed by atoms with Gasteiger partial charge in [0.05, 0.1) is 11.3 Å². The molecule has 1 aliphatic heterocycles. The Morgan fingerprint density at radius 1 is 1.19 bits per heavy atom. The number of pyridine rings is 1. The fraction of sp³-hybridized carbons (Fsp3) is 0.158. The van der Waals surface area contributed by atoms with Gasteiger partial charge in [-0.1, -0.05) is 18.2 Å². The van der Waals surface area contributed by atoms with Gasteiger partial charge in [-0.15, -0.1) is 0 Å². The van der Waals surface area contributed by atoms with Crippen molar-refractivity contribution < 1.29 is 14.3 Å². The number of amides is 1. The number of carbonyl (C=O) groups is 2. The molecule has 7 nitrogen and oxygen atoms in total. The second-order valence-corrected chi connectivity index (χ2v) is 5.96. The first-order chi connectivity index (χ1) is 12.6. The number of fused-ring (bicyclic) bond motifs is 1. The lowest BCUT2D eigenvalue weighted by molar-refractivity contribution is -0.125. The Morgan fingerprint density at radius 2 is 2.04 bits per heavy atom. The Balaban J connectivity index is 1.59. The van der Waals surface area contributed by atoms with Gasteiger partial charge in [0, 0.05) is 25.0 Å². The number of rotatable bonds is 3. The number of nitrogens with zero attached hydrogens (tertiary/aromatic N) is 3. The molecule has 0 spiro atoms. The summed E-state index contributed by atoms with van der Waals surface area (Å²) in [6, 6.07) is 10.6. The highest BCUT2D eigenvalue weighted by Gasteiger charge is 2.31. The molecular formula is C19H16N4O3. The Kier molecular flexibility index (Phi) is 3.96. The minimum atomic E-state index is -0.880. The standard InChI is InChI=1S/C19H16N4O3/c1-12-20-9-10-23(12)17-15(7-4-8-21-17)22-18(24)16-11-13-5-2-3-6-14(13)19(25)26-16/h2-10,16H,11H2,1H3,(H,22,24)/t16-/m1/s1. The molecule has 4 rings (SSSR count). The third-order valence-electron chi connectivity index (χ3n) is 4.28. The zero-order valence-corrected chi connectivity index (χ0v) is 14.0. The largest absolute Gasteiger partial charge is 0.448 e. The highest BCUT2D eigenvalue weighted by atomic mass is 16.5. The number of imidazole rings is 1. The van der Waals surface area contributed by atoms with Gasteiger partial charge in [0.15, 0.2) is 11.9 Å². The summed E-state index contributed by atoms with van der Waals surface area (Å²) in [5, 5.41) is 2.82. The topological polar surface area (TPSA) is 86.1 Å². The average molecular weight is 348 g/mol. The maximum Gasteiger partial charge on any atom is 0.339 e. The van der Waals surface area contributed by atoms with Crippen LogP contribution >= 0.6 is 0 Å². The average Bonchev–Trinajstić information content (AvgIpc) is 3.08. The molecule has 0 saturated carbocycles. The monoisotopic (exact) mass is 348 g/mol. The van der Waals surface area contributed by atoms with Gasteiger partial charge in [-0.2, -0.15) is 0 Å². The van der Waals surface area contributed by atoms with Crippen molar-refractivity contribution in [1.29, 1.82) is 0 Å². The number of esters is 1. The first-order valence-corrected chi connectivity index (χ1v) is 8.18. The van der Waals surface area contributed by atoms with Crippen LogP contribution in [-0.2, 0) is 16.0 Å². The van der Waals surface area contributed by atoms with Crippen molar-refractivity contribution in [2.24, 2.45) is 0 Å². The summed E-state index contributed by atoms with van der Waals surface area (Å²) in [6.07, 6.45) is 4.53. The van der Waals surface area contributed by atoms with Crippen molar-refractivity contribution >= 4 is 17.6 Å². The van der Waals surface area contributed by atoms with Crippen LogP contribution < -0.4 is 5.32 Å². The number of anilines is 1.